The van der Waals surface area contributed by atoms with Gasteiger partial charge >= 0.3 is 0 Å². The Bertz CT molecular complexity index is 1140. The molecule has 0 saturated heterocycles. The van der Waals surface area contributed by atoms with Crippen LogP contribution in [-0.2, 0) is 22.6 Å². The van der Waals surface area contributed by atoms with Gasteiger partial charge in [-0.05, 0) is 67.8 Å². The normalized spacial score (nSPS) is 11.6. The van der Waals surface area contributed by atoms with Crippen LogP contribution in [0.3, 0.4) is 0 Å². The fraction of sp³-hybridized carbons (Fsp3) is 0.333. The molecule has 1 atom stereocenters. The molecule has 0 aromatic heterocycles. The Morgan fingerprint density at radius 3 is 2.30 bits per heavy atom. The highest BCUT2D eigenvalue weighted by atomic mass is 35.5. The van der Waals surface area contributed by atoms with Gasteiger partial charge in [0, 0.05) is 30.5 Å². The van der Waals surface area contributed by atoms with E-state index in [0.717, 1.165) is 11.1 Å². The van der Waals surface area contributed by atoms with Crippen LogP contribution in [0.5, 0.6) is 11.5 Å². The number of carbonyl (C=O) groups excluding carboxylic acids is 2. The summed E-state index contributed by atoms with van der Waals surface area (Å²) in [6.07, 6.45) is 1.17. The summed E-state index contributed by atoms with van der Waals surface area (Å²) in [6, 6.07) is 23.7. The molecule has 196 valence electrons. The Morgan fingerprint density at radius 2 is 1.62 bits per heavy atom. The molecule has 0 aliphatic rings. The molecule has 0 aliphatic carbocycles. The van der Waals surface area contributed by atoms with Gasteiger partial charge in [-0.25, -0.2) is 0 Å². The summed E-state index contributed by atoms with van der Waals surface area (Å²) < 4.78 is 11.1. The van der Waals surface area contributed by atoms with Crippen LogP contribution in [0.1, 0.15) is 37.8 Å². The monoisotopic (exact) mass is 522 g/mol. The van der Waals surface area contributed by atoms with E-state index in [0.29, 0.717) is 36.0 Å². The van der Waals surface area contributed by atoms with Crippen LogP contribution in [0, 0.1) is 0 Å². The minimum atomic E-state index is -0.666. The molecule has 0 aliphatic heterocycles. The van der Waals surface area contributed by atoms with Crippen molar-refractivity contribution in [1.29, 1.82) is 0 Å². The van der Waals surface area contributed by atoms with Gasteiger partial charge in [-0.1, -0.05) is 54.1 Å². The summed E-state index contributed by atoms with van der Waals surface area (Å²) in [5.74, 6) is 1.12. The van der Waals surface area contributed by atoms with E-state index in [1.807, 2.05) is 68.4 Å². The number of rotatable bonds is 13. The van der Waals surface area contributed by atoms with Crippen LogP contribution in [0.4, 0.5) is 0 Å². The van der Waals surface area contributed by atoms with Crippen LogP contribution >= 0.6 is 11.6 Å². The Morgan fingerprint density at radius 1 is 0.919 bits per heavy atom. The maximum absolute atomic E-state index is 13.6. The first kappa shape index (κ1) is 28.1. The summed E-state index contributed by atoms with van der Waals surface area (Å²) in [4.78, 5) is 28.7. The van der Waals surface area contributed by atoms with E-state index >= 15 is 0 Å². The SMILES string of the molecule is COc1cccc(CN(C(=O)CCCOc2ccc(Cl)cc2)[C@H](Cc2ccccc2)C(=O)NC(C)C)c1. The number of methoxy groups -OCH3 is 1. The summed E-state index contributed by atoms with van der Waals surface area (Å²) in [5, 5.41) is 3.65. The quantitative estimate of drug-likeness (QED) is 0.294. The van der Waals surface area contributed by atoms with Gasteiger partial charge in [0.2, 0.25) is 11.8 Å². The number of nitrogens with zero attached hydrogens (tertiary/aromatic N) is 1. The fourth-order valence-corrected chi connectivity index (χ4v) is 4.12. The average Bonchev–Trinajstić information content (AvgIpc) is 2.89. The van der Waals surface area contributed by atoms with Gasteiger partial charge < -0.3 is 19.7 Å². The van der Waals surface area contributed by atoms with Crippen molar-refractivity contribution in [3.8, 4) is 11.5 Å². The molecule has 0 radical (unpaired) electrons. The molecule has 6 nitrogen and oxygen atoms in total. The van der Waals surface area contributed by atoms with Crippen molar-refractivity contribution < 1.29 is 19.1 Å². The Hall–Kier alpha value is -3.51. The van der Waals surface area contributed by atoms with Crippen LogP contribution in [0.2, 0.25) is 5.02 Å². The van der Waals surface area contributed by atoms with Crippen LogP contribution in [0.25, 0.3) is 0 Å². The Labute approximate surface area is 224 Å². The number of amides is 2. The highest BCUT2D eigenvalue weighted by Gasteiger charge is 2.30. The number of ether oxygens (including phenoxy) is 2. The van der Waals surface area contributed by atoms with E-state index < -0.39 is 6.04 Å². The molecule has 7 heteroatoms. The number of benzene rings is 3. The van der Waals surface area contributed by atoms with Crippen molar-refractivity contribution in [3.63, 3.8) is 0 Å². The van der Waals surface area contributed by atoms with Gasteiger partial charge in [0.15, 0.2) is 0 Å². The number of carbonyl (C=O) groups is 2. The van der Waals surface area contributed by atoms with E-state index in [1.54, 1.807) is 36.3 Å². The zero-order chi connectivity index (χ0) is 26.6. The third-order valence-corrected chi connectivity index (χ3v) is 6.06. The second kappa shape index (κ2) is 14.3. The molecule has 3 aromatic carbocycles. The maximum Gasteiger partial charge on any atom is 0.243 e. The van der Waals surface area contributed by atoms with Crippen LogP contribution in [-0.4, -0.2) is 42.5 Å². The lowest BCUT2D eigenvalue weighted by Crippen LogP contribution is -2.51. The highest BCUT2D eigenvalue weighted by molar-refractivity contribution is 6.30. The molecule has 1 N–H and O–H groups in total. The average molecular weight is 523 g/mol. The second-order valence-electron chi connectivity index (χ2n) is 9.15. The van der Waals surface area contributed by atoms with Crippen molar-refractivity contribution in [2.45, 2.75) is 51.7 Å². The highest BCUT2D eigenvalue weighted by Crippen LogP contribution is 2.20. The Kier molecular flexibility index (Phi) is 10.8. The van der Waals surface area contributed by atoms with E-state index in [9.17, 15) is 9.59 Å². The molecule has 0 spiro atoms. The minimum absolute atomic E-state index is 0.0488. The van der Waals surface area contributed by atoms with Gasteiger partial charge in [-0.3, -0.25) is 9.59 Å². The largest absolute Gasteiger partial charge is 0.497 e. The van der Waals surface area contributed by atoms with Crippen molar-refractivity contribution in [2.75, 3.05) is 13.7 Å². The first-order chi connectivity index (χ1) is 17.9. The zero-order valence-corrected chi connectivity index (χ0v) is 22.4. The first-order valence-corrected chi connectivity index (χ1v) is 12.9. The fourth-order valence-electron chi connectivity index (χ4n) is 3.99. The summed E-state index contributed by atoms with van der Waals surface area (Å²) in [6.45, 7) is 4.50. The van der Waals surface area contributed by atoms with E-state index in [4.69, 9.17) is 21.1 Å². The lowest BCUT2D eigenvalue weighted by atomic mass is 10.0. The van der Waals surface area contributed by atoms with Crippen molar-refractivity contribution in [3.05, 3.63) is 95.0 Å². The predicted molar refractivity (Wildman–Crippen MR) is 147 cm³/mol. The third kappa shape index (κ3) is 9.14. The molecular formula is C30H35ClN2O4. The first-order valence-electron chi connectivity index (χ1n) is 12.5. The Balaban J connectivity index is 1.80. The molecule has 2 amide bonds. The van der Waals surface area contributed by atoms with Crippen molar-refractivity contribution in [1.82, 2.24) is 10.2 Å². The van der Waals surface area contributed by atoms with Gasteiger partial charge in [0.05, 0.1) is 13.7 Å². The second-order valence-corrected chi connectivity index (χ2v) is 9.58. The van der Waals surface area contributed by atoms with E-state index in [-0.39, 0.29) is 30.8 Å². The topological polar surface area (TPSA) is 67.9 Å². The lowest BCUT2D eigenvalue weighted by Gasteiger charge is -2.32. The molecular weight excluding hydrogens is 488 g/mol. The van der Waals surface area contributed by atoms with Gasteiger partial charge in [-0.2, -0.15) is 0 Å². The molecule has 37 heavy (non-hydrogen) atoms. The smallest absolute Gasteiger partial charge is 0.243 e. The number of hydrogen-bond donors (Lipinski definition) is 1. The van der Waals surface area contributed by atoms with Crippen molar-refractivity contribution in [2.24, 2.45) is 0 Å². The molecule has 3 rings (SSSR count). The maximum atomic E-state index is 13.6. The molecule has 0 bridgehead atoms. The zero-order valence-electron chi connectivity index (χ0n) is 21.7. The summed E-state index contributed by atoms with van der Waals surface area (Å²) in [7, 11) is 1.61. The number of halogens is 1. The van der Waals surface area contributed by atoms with Gasteiger partial charge in [0.25, 0.3) is 0 Å². The molecule has 0 saturated carbocycles. The third-order valence-electron chi connectivity index (χ3n) is 5.81. The summed E-state index contributed by atoms with van der Waals surface area (Å²) in [5.41, 5.74) is 1.88. The molecule has 0 heterocycles. The molecule has 0 fully saturated rings. The number of hydrogen-bond acceptors (Lipinski definition) is 4. The minimum Gasteiger partial charge on any atom is -0.497 e. The number of nitrogens with one attached hydrogen (secondary N) is 1. The van der Waals surface area contributed by atoms with E-state index in [2.05, 4.69) is 5.32 Å². The molecule has 3 aromatic rings. The van der Waals surface area contributed by atoms with Gasteiger partial charge in [-0.15, -0.1) is 0 Å². The van der Waals surface area contributed by atoms with Gasteiger partial charge in [0.1, 0.15) is 17.5 Å². The molecule has 0 unspecified atom stereocenters. The lowest BCUT2D eigenvalue weighted by molar-refractivity contribution is -0.141. The predicted octanol–water partition coefficient (Wildman–Crippen LogP) is 5.67. The summed E-state index contributed by atoms with van der Waals surface area (Å²) >= 11 is 5.93. The van der Waals surface area contributed by atoms with Crippen LogP contribution in [0.15, 0.2) is 78.9 Å². The van der Waals surface area contributed by atoms with E-state index in [1.165, 1.54) is 0 Å². The standard InChI is InChI=1S/C30H35ClN2O4/c1-22(2)32-30(35)28(20-23-9-5-4-6-10-23)33(21-24-11-7-12-27(19-24)36-3)29(34)13-8-18-37-26-16-14-25(31)15-17-26/h4-7,9-12,14-17,19,22,28H,8,13,18,20-21H2,1-3H3,(H,32,35)/t28-/m1/s1. The van der Waals surface area contributed by atoms with Crippen LogP contribution < -0.4 is 14.8 Å². The van der Waals surface area contributed by atoms with Crippen molar-refractivity contribution >= 4 is 23.4 Å².